The molecule has 0 spiro atoms. The molecule has 1 atom stereocenters. The largest absolute Gasteiger partial charge is 0.490 e. The Kier molecular flexibility index (Phi) is 3.56. The molecule has 2 N–H and O–H groups in total. The maximum Gasteiger partial charge on any atom is 0.141 e. The SMILES string of the molecule is CC(C)(C)c1ccccc1OCC(N)(C#N)C1CC1. The Morgan fingerprint density at radius 2 is 1.95 bits per heavy atom. The summed E-state index contributed by atoms with van der Waals surface area (Å²) in [5.41, 5.74) is 6.44. The molecule has 0 radical (unpaired) electrons. The van der Waals surface area contributed by atoms with Crippen LogP contribution in [0.25, 0.3) is 0 Å². The van der Waals surface area contributed by atoms with E-state index in [1.807, 2.05) is 18.2 Å². The van der Waals surface area contributed by atoms with Crippen molar-refractivity contribution in [1.82, 2.24) is 0 Å². The van der Waals surface area contributed by atoms with Crippen LogP contribution in [0, 0.1) is 17.2 Å². The fraction of sp³-hybridized carbons (Fsp3) is 0.562. The normalized spacial score (nSPS) is 18.5. The molecule has 1 aliphatic carbocycles. The maximum atomic E-state index is 9.25. The smallest absolute Gasteiger partial charge is 0.141 e. The first-order chi connectivity index (χ1) is 8.87. The van der Waals surface area contributed by atoms with Crippen molar-refractivity contribution in [3.63, 3.8) is 0 Å². The second-order valence-electron chi connectivity index (χ2n) is 6.46. The van der Waals surface area contributed by atoms with E-state index in [9.17, 15) is 5.26 Å². The number of hydrogen-bond acceptors (Lipinski definition) is 3. The highest BCUT2D eigenvalue weighted by Crippen LogP contribution is 2.39. The molecule has 19 heavy (non-hydrogen) atoms. The molecule has 1 aromatic carbocycles. The van der Waals surface area contributed by atoms with Gasteiger partial charge in [0.2, 0.25) is 0 Å². The third kappa shape index (κ3) is 3.08. The van der Waals surface area contributed by atoms with Crippen LogP contribution < -0.4 is 10.5 Å². The number of nitrogens with zero attached hydrogens (tertiary/aromatic N) is 1. The van der Waals surface area contributed by atoms with Crippen molar-refractivity contribution in [2.45, 2.75) is 44.6 Å². The zero-order chi connectivity index (χ0) is 14.1. The van der Waals surface area contributed by atoms with Crippen molar-refractivity contribution in [2.75, 3.05) is 6.61 Å². The van der Waals surface area contributed by atoms with E-state index in [4.69, 9.17) is 10.5 Å². The Balaban J connectivity index is 2.14. The number of ether oxygens (including phenoxy) is 1. The van der Waals surface area contributed by atoms with Crippen LogP contribution in [0.4, 0.5) is 0 Å². The lowest BCUT2D eigenvalue weighted by atomic mass is 9.86. The van der Waals surface area contributed by atoms with Crippen molar-refractivity contribution >= 4 is 0 Å². The minimum Gasteiger partial charge on any atom is -0.490 e. The van der Waals surface area contributed by atoms with Crippen LogP contribution >= 0.6 is 0 Å². The molecule has 0 aromatic heterocycles. The van der Waals surface area contributed by atoms with E-state index in [-0.39, 0.29) is 12.0 Å². The van der Waals surface area contributed by atoms with Crippen molar-refractivity contribution in [3.05, 3.63) is 29.8 Å². The molecule has 0 aliphatic heterocycles. The van der Waals surface area contributed by atoms with E-state index in [0.717, 1.165) is 24.2 Å². The molecule has 1 saturated carbocycles. The molecule has 3 heteroatoms. The molecule has 0 bridgehead atoms. The first kappa shape index (κ1) is 13.9. The van der Waals surface area contributed by atoms with E-state index in [1.165, 1.54) is 0 Å². The van der Waals surface area contributed by atoms with Crippen molar-refractivity contribution in [3.8, 4) is 11.8 Å². The van der Waals surface area contributed by atoms with Gasteiger partial charge in [0.15, 0.2) is 0 Å². The van der Waals surface area contributed by atoms with Gasteiger partial charge in [-0.2, -0.15) is 5.26 Å². The van der Waals surface area contributed by atoms with Gasteiger partial charge in [-0.1, -0.05) is 39.0 Å². The lowest BCUT2D eigenvalue weighted by Gasteiger charge is -2.26. The first-order valence-corrected chi connectivity index (χ1v) is 6.79. The van der Waals surface area contributed by atoms with E-state index in [0.29, 0.717) is 5.92 Å². The average Bonchev–Trinajstić information content (AvgIpc) is 3.20. The van der Waals surface area contributed by atoms with E-state index in [1.54, 1.807) is 0 Å². The quantitative estimate of drug-likeness (QED) is 0.903. The molecule has 1 aliphatic rings. The van der Waals surface area contributed by atoms with Gasteiger partial charge in [0.1, 0.15) is 17.9 Å². The topological polar surface area (TPSA) is 59.0 Å². The summed E-state index contributed by atoms with van der Waals surface area (Å²) in [6, 6.07) is 10.2. The van der Waals surface area contributed by atoms with Gasteiger partial charge in [-0.3, -0.25) is 0 Å². The highest BCUT2D eigenvalue weighted by atomic mass is 16.5. The Bertz CT molecular complexity index is 494. The van der Waals surface area contributed by atoms with Gasteiger partial charge in [-0.05, 0) is 35.8 Å². The standard InChI is InChI=1S/C16H22N2O/c1-15(2,3)13-6-4-5-7-14(13)19-11-16(18,10-17)12-8-9-12/h4-7,12H,8-9,11,18H2,1-3H3. The zero-order valence-corrected chi connectivity index (χ0v) is 11.9. The number of benzene rings is 1. The van der Waals surface area contributed by atoms with Gasteiger partial charge >= 0.3 is 0 Å². The number of para-hydroxylation sites is 1. The number of hydrogen-bond donors (Lipinski definition) is 1. The van der Waals surface area contributed by atoms with E-state index in [2.05, 4.69) is 32.9 Å². The second-order valence-corrected chi connectivity index (χ2v) is 6.46. The molecule has 0 saturated heterocycles. The summed E-state index contributed by atoms with van der Waals surface area (Å²) in [6.07, 6.45) is 2.07. The molecule has 3 nitrogen and oxygen atoms in total. The van der Waals surface area contributed by atoms with Gasteiger partial charge in [-0.25, -0.2) is 0 Å². The van der Waals surface area contributed by atoms with Crippen molar-refractivity contribution in [2.24, 2.45) is 11.7 Å². The fourth-order valence-electron chi connectivity index (χ4n) is 2.25. The van der Waals surface area contributed by atoms with Gasteiger partial charge < -0.3 is 10.5 Å². The van der Waals surface area contributed by atoms with Gasteiger partial charge in [0.25, 0.3) is 0 Å². The predicted octanol–water partition coefficient (Wildman–Crippen LogP) is 2.99. The number of rotatable bonds is 4. The third-order valence-electron chi connectivity index (χ3n) is 3.68. The van der Waals surface area contributed by atoms with E-state index < -0.39 is 5.54 Å². The Labute approximate surface area is 115 Å². The molecule has 0 amide bonds. The van der Waals surface area contributed by atoms with Crippen LogP contribution in [0.15, 0.2) is 24.3 Å². The van der Waals surface area contributed by atoms with Gasteiger partial charge in [0.05, 0.1) is 6.07 Å². The molecule has 2 rings (SSSR count). The zero-order valence-electron chi connectivity index (χ0n) is 11.9. The predicted molar refractivity (Wildman–Crippen MR) is 75.9 cm³/mol. The van der Waals surface area contributed by atoms with Crippen LogP contribution in [0.3, 0.4) is 0 Å². The van der Waals surface area contributed by atoms with Crippen molar-refractivity contribution < 1.29 is 4.74 Å². The maximum absolute atomic E-state index is 9.25. The average molecular weight is 258 g/mol. The number of nitriles is 1. The number of nitrogens with two attached hydrogens (primary N) is 1. The molecule has 0 heterocycles. The Morgan fingerprint density at radius 3 is 2.47 bits per heavy atom. The van der Waals surface area contributed by atoms with E-state index >= 15 is 0 Å². The van der Waals surface area contributed by atoms with Crippen LogP contribution in [0.1, 0.15) is 39.2 Å². The molecular weight excluding hydrogens is 236 g/mol. The summed E-state index contributed by atoms with van der Waals surface area (Å²) in [5, 5.41) is 9.25. The highest BCUT2D eigenvalue weighted by Gasteiger charge is 2.43. The lowest BCUT2D eigenvalue weighted by molar-refractivity contribution is 0.232. The summed E-state index contributed by atoms with van der Waals surface area (Å²) < 4.78 is 5.87. The summed E-state index contributed by atoms with van der Waals surface area (Å²) in [4.78, 5) is 0. The summed E-state index contributed by atoms with van der Waals surface area (Å²) in [5.74, 6) is 1.13. The third-order valence-corrected chi connectivity index (χ3v) is 3.68. The molecular formula is C16H22N2O. The Morgan fingerprint density at radius 1 is 1.32 bits per heavy atom. The first-order valence-electron chi connectivity index (χ1n) is 6.79. The van der Waals surface area contributed by atoms with Crippen LogP contribution in [-0.4, -0.2) is 12.1 Å². The van der Waals surface area contributed by atoms with Crippen LogP contribution in [-0.2, 0) is 5.41 Å². The molecule has 1 aromatic rings. The van der Waals surface area contributed by atoms with Crippen LogP contribution in [0.2, 0.25) is 0 Å². The second kappa shape index (κ2) is 4.86. The summed E-state index contributed by atoms with van der Waals surface area (Å²) in [7, 11) is 0. The Hall–Kier alpha value is -1.53. The minimum absolute atomic E-state index is 0.0140. The van der Waals surface area contributed by atoms with Gasteiger partial charge in [0, 0.05) is 0 Å². The van der Waals surface area contributed by atoms with Crippen molar-refractivity contribution in [1.29, 1.82) is 5.26 Å². The van der Waals surface area contributed by atoms with Crippen LogP contribution in [0.5, 0.6) is 5.75 Å². The summed E-state index contributed by atoms with van der Waals surface area (Å²) >= 11 is 0. The monoisotopic (exact) mass is 258 g/mol. The molecule has 102 valence electrons. The fourth-order valence-corrected chi connectivity index (χ4v) is 2.25. The highest BCUT2D eigenvalue weighted by molar-refractivity contribution is 5.38. The molecule has 1 fully saturated rings. The minimum atomic E-state index is -0.842. The summed E-state index contributed by atoms with van der Waals surface area (Å²) in [6.45, 7) is 6.71. The van der Waals surface area contributed by atoms with Gasteiger partial charge in [-0.15, -0.1) is 0 Å². The molecule has 1 unspecified atom stereocenters. The lowest BCUT2D eigenvalue weighted by Crippen LogP contribution is -2.46.